The maximum Gasteiger partial charge on any atom is 0.316 e. The van der Waals surface area contributed by atoms with Crippen molar-refractivity contribution in [1.82, 2.24) is 5.32 Å². The van der Waals surface area contributed by atoms with Crippen LogP contribution >= 0.6 is 0 Å². The lowest BCUT2D eigenvalue weighted by Gasteiger charge is -2.37. The zero-order chi connectivity index (χ0) is 16.1. The normalized spacial score (nSPS) is 23.3. The molecule has 122 valence electrons. The van der Waals surface area contributed by atoms with Crippen molar-refractivity contribution in [1.29, 1.82) is 0 Å². The van der Waals surface area contributed by atoms with Gasteiger partial charge in [0.15, 0.2) is 0 Å². The Hall–Kier alpha value is -1.55. The first-order valence-corrected chi connectivity index (χ1v) is 8.40. The number of amides is 2. The molecule has 1 aromatic carbocycles. The Balaban J connectivity index is 1.98. The fourth-order valence-electron chi connectivity index (χ4n) is 3.58. The van der Waals surface area contributed by atoms with E-state index in [0.717, 1.165) is 17.5 Å². The summed E-state index contributed by atoms with van der Waals surface area (Å²) in [5.74, 6) is 1.50. The van der Waals surface area contributed by atoms with Gasteiger partial charge in [0.1, 0.15) is 0 Å². The summed E-state index contributed by atoms with van der Waals surface area (Å²) in [4.78, 5) is 10.8. The van der Waals surface area contributed by atoms with E-state index in [1.807, 2.05) is 12.1 Å². The number of hydrogen-bond donors (Lipinski definition) is 3. The number of nitrogens with one attached hydrogen (secondary N) is 2. The van der Waals surface area contributed by atoms with Gasteiger partial charge in [-0.3, -0.25) is 0 Å². The molecule has 0 radical (unpaired) electrons. The van der Waals surface area contributed by atoms with Crippen molar-refractivity contribution in [2.24, 2.45) is 17.6 Å². The quantitative estimate of drug-likeness (QED) is 0.768. The second-order valence-electron chi connectivity index (χ2n) is 6.80. The molecule has 2 amide bonds. The lowest BCUT2D eigenvalue weighted by molar-refractivity contribution is 0.195. The second-order valence-corrected chi connectivity index (χ2v) is 6.80. The van der Waals surface area contributed by atoms with Crippen molar-refractivity contribution in [2.75, 3.05) is 5.32 Å². The number of primary amides is 1. The van der Waals surface area contributed by atoms with Crippen molar-refractivity contribution in [3.05, 3.63) is 29.8 Å². The van der Waals surface area contributed by atoms with Crippen LogP contribution in [-0.4, -0.2) is 12.1 Å². The number of nitrogens with two attached hydrogens (primary N) is 1. The summed E-state index contributed by atoms with van der Waals surface area (Å²) in [5, 5.41) is 6.41. The van der Waals surface area contributed by atoms with Crippen molar-refractivity contribution in [3.63, 3.8) is 0 Å². The molecule has 4 N–H and O–H groups in total. The summed E-state index contributed by atoms with van der Waals surface area (Å²) in [6.07, 6.45) is 5.30. The Morgan fingerprint density at radius 2 is 1.77 bits per heavy atom. The smallest absolute Gasteiger partial charge is 0.316 e. The molecule has 0 unspecified atom stereocenters. The van der Waals surface area contributed by atoms with E-state index in [-0.39, 0.29) is 0 Å². The topological polar surface area (TPSA) is 67.2 Å². The van der Waals surface area contributed by atoms with Crippen LogP contribution in [0.15, 0.2) is 24.3 Å². The van der Waals surface area contributed by atoms with Crippen molar-refractivity contribution in [2.45, 2.75) is 58.5 Å². The van der Waals surface area contributed by atoms with E-state index in [0.29, 0.717) is 12.1 Å². The third kappa shape index (κ3) is 4.47. The van der Waals surface area contributed by atoms with Gasteiger partial charge in [-0.1, -0.05) is 38.8 Å². The highest BCUT2D eigenvalue weighted by Crippen LogP contribution is 2.31. The summed E-state index contributed by atoms with van der Waals surface area (Å²) >= 11 is 0. The standard InChI is InChI=1S/C18H29N3O/c1-12(2)16-6-4-5-7-17(16)20-13(3)14-8-10-15(11-9-14)21-18(19)22/h8-13,16-17,20H,4-7H2,1-3H3,(H3,19,21,22)/t13-,16+,17-/m0/s1. The first-order valence-electron chi connectivity index (χ1n) is 8.40. The molecular formula is C18H29N3O. The van der Waals surface area contributed by atoms with Crippen LogP contribution in [0, 0.1) is 11.8 Å². The van der Waals surface area contributed by atoms with Crippen LogP contribution in [0.1, 0.15) is 58.1 Å². The van der Waals surface area contributed by atoms with Gasteiger partial charge in [-0.05, 0) is 49.3 Å². The monoisotopic (exact) mass is 303 g/mol. The van der Waals surface area contributed by atoms with Crippen LogP contribution in [0.25, 0.3) is 0 Å². The van der Waals surface area contributed by atoms with E-state index in [1.54, 1.807) is 0 Å². The Morgan fingerprint density at radius 1 is 1.14 bits per heavy atom. The highest BCUT2D eigenvalue weighted by atomic mass is 16.2. The summed E-state index contributed by atoms with van der Waals surface area (Å²) in [7, 11) is 0. The summed E-state index contributed by atoms with van der Waals surface area (Å²) in [6, 6.07) is 8.30. The van der Waals surface area contributed by atoms with E-state index in [4.69, 9.17) is 5.73 Å². The van der Waals surface area contributed by atoms with Gasteiger partial charge in [0, 0.05) is 17.8 Å². The van der Waals surface area contributed by atoms with Gasteiger partial charge < -0.3 is 16.4 Å². The first kappa shape index (κ1) is 16.8. The molecular weight excluding hydrogens is 274 g/mol. The molecule has 1 fully saturated rings. The van der Waals surface area contributed by atoms with E-state index < -0.39 is 6.03 Å². The molecule has 1 aliphatic carbocycles. The molecule has 0 spiro atoms. The lowest BCUT2D eigenvalue weighted by Crippen LogP contribution is -2.42. The van der Waals surface area contributed by atoms with Crippen LogP contribution in [0.5, 0.6) is 0 Å². The molecule has 1 aliphatic rings. The van der Waals surface area contributed by atoms with Crippen LogP contribution in [0.4, 0.5) is 10.5 Å². The average Bonchev–Trinajstić information content (AvgIpc) is 2.47. The number of carbonyl (C=O) groups excluding carboxylic acids is 1. The van der Waals surface area contributed by atoms with Crippen molar-refractivity contribution >= 4 is 11.7 Å². The summed E-state index contributed by atoms with van der Waals surface area (Å²) in [5.41, 5.74) is 7.10. The minimum Gasteiger partial charge on any atom is -0.351 e. The van der Waals surface area contributed by atoms with Gasteiger partial charge in [-0.2, -0.15) is 0 Å². The van der Waals surface area contributed by atoms with Gasteiger partial charge in [-0.25, -0.2) is 4.79 Å². The number of urea groups is 1. The fourth-order valence-corrected chi connectivity index (χ4v) is 3.58. The zero-order valence-corrected chi connectivity index (χ0v) is 13.9. The molecule has 22 heavy (non-hydrogen) atoms. The molecule has 4 heteroatoms. The molecule has 4 nitrogen and oxygen atoms in total. The third-order valence-electron chi connectivity index (χ3n) is 4.82. The number of rotatable bonds is 5. The Labute approximate surface area is 133 Å². The van der Waals surface area contributed by atoms with E-state index >= 15 is 0 Å². The molecule has 1 saturated carbocycles. The summed E-state index contributed by atoms with van der Waals surface area (Å²) in [6.45, 7) is 6.88. The molecule has 0 bridgehead atoms. The molecule has 1 aromatic rings. The third-order valence-corrected chi connectivity index (χ3v) is 4.82. The van der Waals surface area contributed by atoms with E-state index in [9.17, 15) is 4.79 Å². The largest absolute Gasteiger partial charge is 0.351 e. The molecule has 0 saturated heterocycles. The SMILES string of the molecule is CC(C)[C@H]1CCCC[C@@H]1N[C@@H](C)c1ccc(NC(N)=O)cc1. The van der Waals surface area contributed by atoms with Gasteiger partial charge >= 0.3 is 6.03 Å². The molecule has 0 aliphatic heterocycles. The highest BCUT2D eigenvalue weighted by Gasteiger charge is 2.28. The van der Waals surface area contributed by atoms with Crippen LogP contribution in [0.2, 0.25) is 0 Å². The van der Waals surface area contributed by atoms with Crippen molar-refractivity contribution < 1.29 is 4.79 Å². The zero-order valence-electron chi connectivity index (χ0n) is 13.9. The minimum atomic E-state index is -0.527. The van der Waals surface area contributed by atoms with Gasteiger partial charge in [0.2, 0.25) is 0 Å². The van der Waals surface area contributed by atoms with Crippen molar-refractivity contribution in [3.8, 4) is 0 Å². The minimum absolute atomic E-state index is 0.312. The number of carbonyl (C=O) groups is 1. The number of hydrogen-bond acceptors (Lipinski definition) is 2. The first-order chi connectivity index (χ1) is 10.5. The Morgan fingerprint density at radius 3 is 2.36 bits per heavy atom. The Bertz CT molecular complexity index is 484. The molecule has 2 rings (SSSR count). The van der Waals surface area contributed by atoms with Gasteiger partial charge in [0.25, 0.3) is 0 Å². The van der Waals surface area contributed by atoms with Gasteiger partial charge in [0.05, 0.1) is 0 Å². The maximum atomic E-state index is 10.8. The van der Waals surface area contributed by atoms with Crippen LogP contribution in [0.3, 0.4) is 0 Å². The predicted molar refractivity (Wildman–Crippen MR) is 91.8 cm³/mol. The number of benzene rings is 1. The molecule has 0 heterocycles. The second kappa shape index (κ2) is 7.63. The van der Waals surface area contributed by atoms with Gasteiger partial charge in [-0.15, -0.1) is 0 Å². The van der Waals surface area contributed by atoms with Crippen LogP contribution < -0.4 is 16.4 Å². The summed E-state index contributed by atoms with van der Waals surface area (Å²) < 4.78 is 0. The fraction of sp³-hybridized carbons (Fsp3) is 0.611. The van der Waals surface area contributed by atoms with Crippen LogP contribution in [-0.2, 0) is 0 Å². The average molecular weight is 303 g/mol. The predicted octanol–water partition coefficient (Wildman–Crippen LogP) is 4.04. The maximum absolute atomic E-state index is 10.8. The van der Waals surface area contributed by atoms with E-state index in [1.165, 1.54) is 31.2 Å². The lowest BCUT2D eigenvalue weighted by atomic mass is 9.77. The van der Waals surface area contributed by atoms with E-state index in [2.05, 4.69) is 43.5 Å². The highest BCUT2D eigenvalue weighted by molar-refractivity contribution is 5.87. The Kier molecular flexibility index (Phi) is 5.83. The molecule has 3 atom stereocenters. The number of anilines is 1. The molecule has 0 aromatic heterocycles.